The van der Waals surface area contributed by atoms with Crippen LogP contribution in [0.3, 0.4) is 0 Å². The number of hydrogen-bond acceptors (Lipinski definition) is 7. The molecule has 0 N–H and O–H groups in total. The highest BCUT2D eigenvalue weighted by atomic mass is 16.2. The zero-order chi connectivity index (χ0) is 22.2. The van der Waals surface area contributed by atoms with Gasteiger partial charge in [0.05, 0.1) is 5.92 Å². The lowest BCUT2D eigenvalue weighted by Crippen LogP contribution is -2.51. The molecule has 2 aliphatic rings. The normalized spacial score (nSPS) is 19.2. The second-order valence-corrected chi connectivity index (χ2v) is 8.33. The quantitative estimate of drug-likeness (QED) is 0.609. The molecule has 1 atom stereocenters. The molecular weight excluding hydrogens is 408 g/mol. The molecule has 0 saturated carbocycles. The van der Waals surface area contributed by atoms with Gasteiger partial charge in [0, 0.05) is 51.4 Å². The zero-order valence-corrected chi connectivity index (χ0v) is 18.3. The van der Waals surface area contributed by atoms with Crippen molar-refractivity contribution in [3.63, 3.8) is 0 Å². The largest absolute Gasteiger partial charge is 0.351 e. The van der Waals surface area contributed by atoms with Crippen molar-refractivity contribution < 1.29 is 9.59 Å². The van der Waals surface area contributed by atoms with Gasteiger partial charge in [-0.25, -0.2) is 14.6 Å². The third-order valence-corrected chi connectivity index (χ3v) is 6.29. The van der Waals surface area contributed by atoms with Crippen molar-refractivity contribution in [3.8, 4) is 0 Å². The second kappa shape index (κ2) is 8.18. The van der Waals surface area contributed by atoms with Gasteiger partial charge in [-0.15, -0.1) is 5.10 Å². The lowest BCUT2D eigenvalue weighted by atomic mass is 10.1. The summed E-state index contributed by atoms with van der Waals surface area (Å²) in [6, 6.07) is 7.85. The summed E-state index contributed by atoms with van der Waals surface area (Å²) in [6.45, 7) is 7.61. The molecule has 4 heterocycles. The second-order valence-electron chi connectivity index (χ2n) is 8.33. The number of amides is 2. The molecule has 0 radical (unpaired) electrons. The fourth-order valence-electron chi connectivity index (χ4n) is 4.47. The van der Waals surface area contributed by atoms with Crippen molar-refractivity contribution in [3.05, 3.63) is 36.2 Å². The van der Waals surface area contributed by atoms with E-state index in [0.29, 0.717) is 44.8 Å². The van der Waals surface area contributed by atoms with Crippen LogP contribution in [0.2, 0.25) is 0 Å². The first kappa shape index (κ1) is 20.3. The first-order valence-corrected chi connectivity index (χ1v) is 11.0. The molecule has 1 unspecified atom stereocenters. The number of piperazine rings is 1. The fourth-order valence-corrected chi connectivity index (χ4v) is 4.47. The van der Waals surface area contributed by atoms with E-state index < -0.39 is 0 Å². The number of fused-ring (bicyclic) bond motifs is 1. The van der Waals surface area contributed by atoms with Crippen LogP contribution in [0.1, 0.15) is 18.9 Å². The highest BCUT2D eigenvalue weighted by Gasteiger charge is 2.38. The van der Waals surface area contributed by atoms with E-state index in [9.17, 15) is 9.59 Å². The van der Waals surface area contributed by atoms with Crippen LogP contribution in [0.15, 0.2) is 30.6 Å². The van der Waals surface area contributed by atoms with Crippen LogP contribution < -0.4 is 9.80 Å². The number of hydrogen-bond donors (Lipinski definition) is 0. The summed E-state index contributed by atoms with van der Waals surface area (Å²) < 4.78 is 1.75. The molecular formula is C22H26N8O2. The third-order valence-electron chi connectivity index (χ3n) is 6.29. The zero-order valence-electron chi connectivity index (χ0n) is 18.3. The van der Waals surface area contributed by atoms with Crippen molar-refractivity contribution in [2.24, 2.45) is 5.92 Å². The molecule has 32 heavy (non-hydrogen) atoms. The molecule has 0 aliphatic carbocycles. The van der Waals surface area contributed by atoms with Gasteiger partial charge in [-0.2, -0.15) is 0 Å². The summed E-state index contributed by atoms with van der Waals surface area (Å²) in [6.07, 6.45) is 1.80. The van der Waals surface area contributed by atoms with Crippen molar-refractivity contribution in [1.29, 1.82) is 0 Å². The summed E-state index contributed by atoms with van der Waals surface area (Å²) in [5.74, 6) is 0.513. The molecule has 2 saturated heterocycles. The SMILES string of the molecule is CCn1nnc2c(N3CCN(C(=O)C4CC(=O)N(c5ccc(C)cc5)C4)CC3)ncnc21. The number of nitrogens with zero attached hydrogens (tertiary/aromatic N) is 8. The van der Waals surface area contributed by atoms with Crippen molar-refractivity contribution in [2.75, 3.05) is 42.5 Å². The minimum absolute atomic E-state index is 0.00762. The molecule has 0 spiro atoms. The van der Waals surface area contributed by atoms with Crippen molar-refractivity contribution in [2.45, 2.75) is 26.8 Å². The molecule has 2 amide bonds. The van der Waals surface area contributed by atoms with Crippen LogP contribution in [0.5, 0.6) is 0 Å². The van der Waals surface area contributed by atoms with Crippen molar-refractivity contribution >= 4 is 34.5 Å². The van der Waals surface area contributed by atoms with Crippen LogP contribution >= 0.6 is 0 Å². The number of rotatable bonds is 4. The molecule has 2 fully saturated rings. The smallest absolute Gasteiger partial charge is 0.228 e. The van der Waals surface area contributed by atoms with Gasteiger partial charge in [-0.3, -0.25) is 9.59 Å². The standard InChI is InChI=1S/C22H26N8O2/c1-3-30-21-19(25-26-30)20(23-14-24-21)27-8-10-28(11-9-27)22(32)16-12-18(31)29(13-16)17-6-4-15(2)5-7-17/h4-7,14,16H,3,8-13H2,1-2H3. The molecule has 5 rings (SSSR count). The maximum Gasteiger partial charge on any atom is 0.228 e. The van der Waals surface area contributed by atoms with Gasteiger partial charge in [-0.05, 0) is 26.0 Å². The molecule has 2 aliphatic heterocycles. The topological polar surface area (TPSA) is 100 Å². The number of anilines is 2. The average Bonchev–Trinajstić information content (AvgIpc) is 3.42. The molecule has 0 bridgehead atoms. The molecule has 2 aromatic heterocycles. The van der Waals surface area contributed by atoms with Gasteiger partial charge in [0.1, 0.15) is 6.33 Å². The Morgan fingerprint density at radius 1 is 1.09 bits per heavy atom. The lowest BCUT2D eigenvalue weighted by Gasteiger charge is -2.36. The van der Waals surface area contributed by atoms with E-state index in [1.54, 1.807) is 9.58 Å². The van der Waals surface area contributed by atoms with Gasteiger partial charge in [0.15, 0.2) is 17.0 Å². The Kier molecular flexibility index (Phi) is 5.20. The highest BCUT2D eigenvalue weighted by molar-refractivity contribution is 6.00. The number of carbonyl (C=O) groups excluding carboxylic acids is 2. The Morgan fingerprint density at radius 3 is 2.56 bits per heavy atom. The maximum absolute atomic E-state index is 13.2. The predicted molar refractivity (Wildman–Crippen MR) is 119 cm³/mol. The van der Waals surface area contributed by atoms with Gasteiger partial charge < -0.3 is 14.7 Å². The van der Waals surface area contributed by atoms with E-state index in [4.69, 9.17) is 0 Å². The van der Waals surface area contributed by atoms with Crippen LogP contribution in [0.4, 0.5) is 11.5 Å². The summed E-state index contributed by atoms with van der Waals surface area (Å²) in [4.78, 5) is 40.2. The van der Waals surface area contributed by atoms with Gasteiger partial charge in [0.2, 0.25) is 11.8 Å². The van der Waals surface area contributed by atoms with E-state index in [0.717, 1.165) is 22.7 Å². The summed E-state index contributed by atoms with van der Waals surface area (Å²) in [7, 11) is 0. The Hall–Kier alpha value is -3.56. The van der Waals surface area contributed by atoms with Crippen molar-refractivity contribution in [1.82, 2.24) is 29.9 Å². The maximum atomic E-state index is 13.2. The number of carbonyl (C=O) groups is 2. The Bertz CT molecular complexity index is 1150. The summed E-state index contributed by atoms with van der Waals surface area (Å²) in [5, 5.41) is 8.40. The first-order chi connectivity index (χ1) is 15.5. The Morgan fingerprint density at radius 2 is 1.84 bits per heavy atom. The minimum Gasteiger partial charge on any atom is -0.351 e. The monoisotopic (exact) mass is 434 g/mol. The van der Waals surface area contributed by atoms with E-state index in [-0.39, 0.29) is 24.2 Å². The van der Waals surface area contributed by atoms with Crippen LogP contribution in [-0.4, -0.2) is 74.4 Å². The first-order valence-electron chi connectivity index (χ1n) is 11.0. The Balaban J connectivity index is 1.24. The molecule has 166 valence electrons. The number of aromatic nitrogens is 5. The number of aryl methyl sites for hydroxylation is 2. The highest BCUT2D eigenvalue weighted by Crippen LogP contribution is 2.28. The number of benzene rings is 1. The van der Waals surface area contributed by atoms with Crippen LogP contribution in [0, 0.1) is 12.8 Å². The molecule has 10 heteroatoms. The minimum atomic E-state index is -0.300. The third kappa shape index (κ3) is 3.55. The average molecular weight is 435 g/mol. The molecule has 10 nitrogen and oxygen atoms in total. The molecule has 1 aromatic carbocycles. The lowest BCUT2D eigenvalue weighted by molar-refractivity contribution is -0.136. The molecule has 3 aromatic rings. The van der Waals surface area contributed by atoms with Crippen LogP contribution in [0.25, 0.3) is 11.2 Å². The van der Waals surface area contributed by atoms with Crippen LogP contribution in [-0.2, 0) is 16.1 Å². The summed E-state index contributed by atoms with van der Waals surface area (Å²) in [5.41, 5.74) is 3.40. The van der Waals surface area contributed by atoms with E-state index in [2.05, 4.69) is 25.2 Å². The predicted octanol–water partition coefficient (Wildman–Crippen LogP) is 1.25. The van der Waals surface area contributed by atoms with E-state index in [1.807, 2.05) is 43.0 Å². The van der Waals surface area contributed by atoms with Gasteiger partial charge >= 0.3 is 0 Å². The van der Waals surface area contributed by atoms with Gasteiger partial charge in [-0.1, -0.05) is 22.9 Å². The van der Waals surface area contributed by atoms with Gasteiger partial charge in [0.25, 0.3) is 0 Å². The summed E-state index contributed by atoms with van der Waals surface area (Å²) >= 11 is 0. The Labute approximate surface area is 185 Å². The van der Waals surface area contributed by atoms with E-state index in [1.165, 1.54) is 6.33 Å². The van der Waals surface area contributed by atoms with E-state index >= 15 is 0 Å². The fraction of sp³-hybridized carbons (Fsp3) is 0.455.